The van der Waals surface area contributed by atoms with E-state index in [9.17, 15) is 13.2 Å². The molecule has 25 heavy (non-hydrogen) atoms. The Hall–Kier alpha value is -1.68. The highest BCUT2D eigenvalue weighted by Crippen LogP contribution is 2.25. The van der Waals surface area contributed by atoms with Gasteiger partial charge in [-0.15, -0.1) is 0 Å². The molecule has 0 atom stereocenters. The Morgan fingerprint density at radius 2 is 2.00 bits per heavy atom. The minimum absolute atomic E-state index is 0.0768. The number of hydrogen-bond acceptors (Lipinski definition) is 6. The third-order valence-corrected chi connectivity index (χ3v) is 5.76. The van der Waals surface area contributed by atoms with Crippen molar-refractivity contribution in [3.05, 3.63) is 23.8 Å². The first kappa shape index (κ1) is 19.6. The molecular formula is C16H25N3O5S. The molecule has 1 aliphatic heterocycles. The molecule has 9 heteroatoms. The molecule has 0 saturated carbocycles. The third-order valence-electron chi connectivity index (χ3n) is 3.87. The Morgan fingerprint density at radius 3 is 2.60 bits per heavy atom. The standard InChI is InChI=1S/C16H25N3O5S/c1-18(2)7-6-17-16(20)14-12-13(4-5-15(14)23-3)25(21,22)19-8-10-24-11-9-19/h4-5,12H,6-11H2,1-3H3,(H,17,20). The number of morpholine rings is 1. The summed E-state index contributed by atoms with van der Waals surface area (Å²) in [6, 6.07) is 4.34. The number of ether oxygens (including phenoxy) is 2. The van der Waals surface area contributed by atoms with E-state index in [0.29, 0.717) is 45.1 Å². The number of rotatable bonds is 7. The predicted octanol–water partition coefficient (Wildman–Crippen LogP) is 0.00750. The molecule has 1 amide bonds. The summed E-state index contributed by atoms with van der Waals surface area (Å²) in [7, 11) is 1.59. The molecular weight excluding hydrogens is 346 g/mol. The zero-order valence-corrected chi connectivity index (χ0v) is 15.6. The van der Waals surface area contributed by atoms with Crippen LogP contribution in [0.25, 0.3) is 0 Å². The van der Waals surface area contributed by atoms with Crippen LogP contribution >= 0.6 is 0 Å². The van der Waals surface area contributed by atoms with Gasteiger partial charge in [-0.3, -0.25) is 4.79 Å². The molecule has 1 heterocycles. The number of nitrogens with zero attached hydrogens (tertiary/aromatic N) is 2. The number of benzene rings is 1. The fourth-order valence-corrected chi connectivity index (χ4v) is 3.88. The van der Waals surface area contributed by atoms with Crippen LogP contribution in [-0.4, -0.2) is 84.1 Å². The molecule has 1 saturated heterocycles. The van der Waals surface area contributed by atoms with Crippen LogP contribution in [0.5, 0.6) is 5.75 Å². The number of hydrogen-bond donors (Lipinski definition) is 1. The lowest BCUT2D eigenvalue weighted by Gasteiger charge is -2.26. The lowest BCUT2D eigenvalue weighted by molar-refractivity contribution is 0.0730. The van der Waals surface area contributed by atoms with Crippen LogP contribution in [0.1, 0.15) is 10.4 Å². The summed E-state index contributed by atoms with van der Waals surface area (Å²) in [4.78, 5) is 14.4. The van der Waals surface area contributed by atoms with Crippen molar-refractivity contribution in [2.24, 2.45) is 0 Å². The lowest BCUT2D eigenvalue weighted by Crippen LogP contribution is -2.40. The summed E-state index contributed by atoms with van der Waals surface area (Å²) in [5.41, 5.74) is 0.204. The van der Waals surface area contributed by atoms with Crippen molar-refractivity contribution in [2.45, 2.75) is 4.90 Å². The minimum Gasteiger partial charge on any atom is -0.496 e. The van der Waals surface area contributed by atoms with Gasteiger partial charge in [0.15, 0.2) is 0 Å². The van der Waals surface area contributed by atoms with Gasteiger partial charge in [0.05, 0.1) is 30.8 Å². The second kappa shape index (κ2) is 8.61. The maximum atomic E-state index is 12.8. The molecule has 1 aliphatic rings. The topological polar surface area (TPSA) is 88.2 Å². The van der Waals surface area contributed by atoms with Gasteiger partial charge in [0.2, 0.25) is 10.0 Å². The zero-order valence-electron chi connectivity index (χ0n) is 14.8. The molecule has 1 fully saturated rings. The molecule has 0 aromatic heterocycles. The second-order valence-corrected chi connectivity index (χ2v) is 7.88. The lowest BCUT2D eigenvalue weighted by atomic mass is 10.2. The number of carbonyl (C=O) groups excluding carboxylic acids is 1. The van der Waals surface area contributed by atoms with Crippen LogP contribution < -0.4 is 10.1 Å². The fourth-order valence-electron chi connectivity index (χ4n) is 2.45. The molecule has 0 spiro atoms. The van der Waals surface area contributed by atoms with Crippen LogP contribution in [-0.2, 0) is 14.8 Å². The van der Waals surface area contributed by atoms with E-state index in [1.807, 2.05) is 19.0 Å². The van der Waals surface area contributed by atoms with Gasteiger partial charge in [0.25, 0.3) is 5.91 Å². The average Bonchev–Trinajstić information content (AvgIpc) is 2.61. The Kier molecular flexibility index (Phi) is 6.77. The highest BCUT2D eigenvalue weighted by atomic mass is 32.2. The Balaban J connectivity index is 2.25. The van der Waals surface area contributed by atoms with Crippen molar-refractivity contribution in [3.8, 4) is 5.75 Å². The number of carbonyl (C=O) groups is 1. The van der Waals surface area contributed by atoms with E-state index < -0.39 is 10.0 Å². The zero-order chi connectivity index (χ0) is 18.4. The van der Waals surface area contributed by atoms with E-state index in [4.69, 9.17) is 9.47 Å². The molecule has 1 N–H and O–H groups in total. The van der Waals surface area contributed by atoms with Crippen molar-refractivity contribution >= 4 is 15.9 Å². The summed E-state index contributed by atoms with van der Waals surface area (Å²) in [6.07, 6.45) is 0. The van der Waals surface area contributed by atoms with Crippen LogP contribution in [0.15, 0.2) is 23.1 Å². The monoisotopic (exact) mass is 371 g/mol. The van der Waals surface area contributed by atoms with E-state index in [1.54, 1.807) is 0 Å². The molecule has 0 radical (unpaired) electrons. The quantitative estimate of drug-likeness (QED) is 0.726. The molecule has 0 unspecified atom stereocenters. The molecule has 1 aromatic rings. The Morgan fingerprint density at radius 1 is 1.32 bits per heavy atom. The first-order valence-corrected chi connectivity index (χ1v) is 9.49. The summed E-state index contributed by atoms with van der Waals surface area (Å²) in [5.74, 6) is -0.0268. The smallest absolute Gasteiger partial charge is 0.255 e. The summed E-state index contributed by atoms with van der Waals surface area (Å²) >= 11 is 0. The highest BCUT2D eigenvalue weighted by molar-refractivity contribution is 7.89. The molecule has 2 rings (SSSR count). The Bertz CT molecular complexity index is 700. The second-order valence-electron chi connectivity index (χ2n) is 5.94. The average molecular weight is 371 g/mol. The van der Waals surface area contributed by atoms with Crippen LogP contribution in [0.3, 0.4) is 0 Å². The first-order valence-electron chi connectivity index (χ1n) is 8.05. The summed E-state index contributed by atoms with van der Waals surface area (Å²) in [6.45, 7) is 2.48. The molecule has 140 valence electrons. The van der Waals surface area contributed by atoms with Crippen LogP contribution in [0.2, 0.25) is 0 Å². The summed E-state index contributed by atoms with van der Waals surface area (Å²) < 4.78 is 37.3. The molecule has 8 nitrogen and oxygen atoms in total. The van der Waals surface area contributed by atoms with Gasteiger partial charge in [-0.25, -0.2) is 8.42 Å². The van der Waals surface area contributed by atoms with Gasteiger partial charge in [-0.2, -0.15) is 4.31 Å². The number of methoxy groups -OCH3 is 1. The van der Waals surface area contributed by atoms with Crippen molar-refractivity contribution in [1.29, 1.82) is 0 Å². The number of amides is 1. The van der Waals surface area contributed by atoms with Crippen molar-refractivity contribution in [1.82, 2.24) is 14.5 Å². The van der Waals surface area contributed by atoms with Gasteiger partial charge in [0, 0.05) is 26.2 Å². The molecule has 1 aromatic carbocycles. The van der Waals surface area contributed by atoms with E-state index in [-0.39, 0.29) is 16.4 Å². The van der Waals surface area contributed by atoms with Gasteiger partial charge in [-0.1, -0.05) is 0 Å². The van der Waals surface area contributed by atoms with E-state index in [2.05, 4.69) is 5.32 Å². The maximum absolute atomic E-state index is 12.8. The van der Waals surface area contributed by atoms with E-state index in [1.165, 1.54) is 29.6 Å². The predicted molar refractivity (Wildman–Crippen MR) is 93.5 cm³/mol. The van der Waals surface area contributed by atoms with Gasteiger partial charge >= 0.3 is 0 Å². The van der Waals surface area contributed by atoms with Crippen molar-refractivity contribution in [2.75, 3.05) is 60.6 Å². The minimum atomic E-state index is -3.67. The Labute approximate surface area is 148 Å². The number of likely N-dealkylation sites (N-methyl/N-ethyl adjacent to an activating group) is 1. The van der Waals surface area contributed by atoms with Crippen molar-refractivity contribution < 1.29 is 22.7 Å². The summed E-state index contributed by atoms with van der Waals surface area (Å²) in [5, 5.41) is 2.77. The maximum Gasteiger partial charge on any atom is 0.255 e. The highest BCUT2D eigenvalue weighted by Gasteiger charge is 2.28. The SMILES string of the molecule is COc1ccc(S(=O)(=O)N2CCOCC2)cc1C(=O)NCCN(C)C. The van der Waals surface area contributed by atoms with Crippen LogP contribution in [0.4, 0.5) is 0 Å². The molecule has 0 bridgehead atoms. The van der Waals surface area contributed by atoms with E-state index >= 15 is 0 Å². The first-order chi connectivity index (χ1) is 11.9. The van der Waals surface area contributed by atoms with Crippen molar-refractivity contribution in [3.63, 3.8) is 0 Å². The largest absolute Gasteiger partial charge is 0.496 e. The van der Waals surface area contributed by atoms with Crippen LogP contribution in [0, 0.1) is 0 Å². The number of nitrogens with one attached hydrogen (secondary N) is 1. The number of sulfonamides is 1. The van der Waals surface area contributed by atoms with Gasteiger partial charge < -0.3 is 19.7 Å². The van der Waals surface area contributed by atoms with E-state index in [0.717, 1.165) is 0 Å². The third kappa shape index (κ3) is 4.91. The van der Waals surface area contributed by atoms with Gasteiger partial charge in [-0.05, 0) is 32.3 Å². The normalized spacial score (nSPS) is 16.0. The fraction of sp³-hybridized carbons (Fsp3) is 0.562. The molecule has 0 aliphatic carbocycles. The van der Waals surface area contributed by atoms with Gasteiger partial charge in [0.1, 0.15) is 5.75 Å².